The monoisotopic (exact) mass is 445 g/mol. The van der Waals surface area contributed by atoms with Crippen LogP contribution in [0.2, 0.25) is 0 Å². The zero-order valence-electron chi connectivity index (χ0n) is 18.8. The second-order valence-corrected chi connectivity index (χ2v) is 7.86. The number of nitrogens with one attached hydrogen (secondary N) is 1. The van der Waals surface area contributed by atoms with Crippen LogP contribution in [-0.4, -0.2) is 35.4 Å². The highest BCUT2D eigenvalue weighted by Crippen LogP contribution is 2.29. The first-order valence-electron chi connectivity index (χ1n) is 11.1. The van der Waals surface area contributed by atoms with E-state index in [1.54, 1.807) is 0 Å². The van der Waals surface area contributed by atoms with Gasteiger partial charge in [-0.05, 0) is 39.6 Å². The number of aromatic amines is 1. The Morgan fingerprint density at radius 3 is 2.35 bits per heavy atom. The lowest BCUT2D eigenvalue weighted by Gasteiger charge is -2.09. The highest BCUT2D eigenvalue weighted by atomic mass is 15.5. The first-order valence-corrected chi connectivity index (χ1v) is 11.1. The van der Waals surface area contributed by atoms with Crippen LogP contribution in [0.5, 0.6) is 0 Å². The largest absolute Gasteiger partial charge is 0.244 e. The van der Waals surface area contributed by atoms with E-state index >= 15 is 0 Å². The Morgan fingerprint density at radius 2 is 1.62 bits per heavy atom. The minimum absolute atomic E-state index is 0.578. The van der Waals surface area contributed by atoms with E-state index < -0.39 is 0 Å². The molecular weight excluding hydrogens is 422 g/mol. The molecule has 0 saturated carbocycles. The van der Waals surface area contributed by atoms with E-state index in [1.165, 1.54) is 5.56 Å². The lowest BCUT2D eigenvalue weighted by molar-refractivity contribution is 0.646. The van der Waals surface area contributed by atoms with Gasteiger partial charge in [0.25, 0.3) is 0 Å². The number of rotatable bonds is 7. The summed E-state index contributed by atoms with van der Waals surface area (Å²) < 4.78 is 1.96. The third-order valence-corrected chi connectivity index (χ3v) is 5.55. The molecule has 0 unspecified atom stereocenters. The number of nitrogens with zero attached hydrogens (tertiary/aromatic N) is 6. The second kappa shape index (κ2) is 9.92. The van der Waals surface area contributed by atoms with Crippen molar-refractivity contribution in [1.82, 2.24) is 35.4 Å². The van der Waals surface area contributed by atoms with E-state index in [0.717, 1.165) is 33.9 Å². The zero-order chi connectivity index (χ0) is 23.2. The van der Waals surface area contributed by atoms with Crippen LogP contribution in [0.1, 0.15) is 29.7 Å². The maximum Gasteiger partial charge on any atom is 0.180 e. The quantitative estimate of drug-likeness (QED) is 0.377. The van der Waals surface area contributed by atoms with E-state index in [-0.39, 0.29) is 0 Å². The Balaban J connectivity index is 1.39. The van der Waals surface area contributed by atoms with Crippen LogP contribution >= 0.6 is 0 Å². The third kappa shape index (κ3) is 4.76. The third-order valence-electron chi connectivity index (χ3n) is 5.55. The molecule has 0 atom stereocenters. The van der Waals surface area contributed by atoms with Crippen molar-refractivity contribution >= 4 is 0 Å². The van der Waals surface area contributed by atoms with Crippen LogP contribution in [0.15, 0.2) is 78.9 Å². The van der Waals surface area contributed by atoms with Gasteiger partial charge >= 0.3 is 0 Å². The first kappa shape index (κ1) is 21.3. The molecule has 0 bridgehead atoms. The van der Waals surface area contributed by atoms with E-state index in [0.29, 0.717) is 25.2 Å². The molecular formula is C27H23N7. The van der Waals surface area contributed by atoms with Crippen molar-refractivity contribution in [1.29, 1.82) is 0 Å². The molecule has 0 aliphatic carbocycles. The highest BCUT2D eigenvalue weighted by Gasteiger charge is 2.12. The Hall–Kier alpha value is -4.57. The Kier molecular flexibility index (Phi) is 6.21. The van der Waals surface area contributed by atoms with Gasteiger partial charge in [0.15, 0.2) is 11.6 Å². The summed E-state index contributed by atoms with van der Waals surface area (Å²) in [5.41, 5.74) is 5.46. The number of H-pyrrole nitrogens is 1. The van der Waals surface area contributed by atoms with Gasteiger partial charge in [-0.25, -0.2) is 14.8 Å². The zero-order valence-corrected chi connectivity index (χ0v) is 18.8. The van der Waals surface area contributed by atoms with Crippen molar-refractivity contribution in [3.8, 4) is 34.4 Å². The molecule has 7 nitrogen and oxygen atoms in total. The topological polar surface area (TPSA) is 85.2 Å². The average Bonchev–Trinajstić information content (AvgIpc) is 3.54. The Labute approximate surface area is 197 Å². The number of hydrogen-bond donors (Lipinski definition) is 1. The summed E-state index contributed by atoms with van der Waals surface area (Å²) in [7, 11) is 0. The van der Waals surface area contributed by atoms with Crippen LogP contribution in [0.4, 0.5) is 0 Å². The van der Waals surface area contributed by atoms with Gasteiger partial charge in [0.05, 0.1) is 13.0 Å². The van der Waals surface area contributed by atoms with Gasteiger partial charge in [0.2, 0.25) is 0 Å². The normalized spacial score (nSPS) is 10.6. The van der Waals surface area contributed by atoms with Crippen LogP contribution in [0.25, 0.3) is 22.5 Å². The first-order chi connectivity index (χ1) is 16.8. The molecule has 0 aliphatic rings. The van der Waals surface area contributed by atoms with E-state index in [1.807, 2.05) is 48.0 Å². The number of benzene rings is 3. The van der Waals surface area contributed by atoms with Crippen molar-refractivity contribution in [2.75, 3.05) is 0 Å². The standard InChI is InChI=1S/C27H23N7/c1-2-3-13-26-28-25(18-20-9-5-4-6-10-20)31-34(26)19-21-14-16-22(17-15-21)23-11-7-8-12-24(23)27-29-32-33-30-27/h4-12,14-17H,13,18-19H2,1H3,(H,29,30,32,33). The molecule has 2 heterocycles. The molecule has 0 saturated heterocycles. The maximum atomic E-state index is 4.79. The predicted molar refractivity (Wildman–Crippen MR) is 131 cm³/mol. The van der Waals surface area contributed by atoms with Crippen molar-refractivity contribution in [2.45, 2.75) is 26.3 Å². The van der Waals surface area contributed by atoms with Gasteiger partial charge in [0.1, 0.15) is 5.82 Å². The maximum absolute atomic E-state index is 4.79. The molecule has 0 radical (unpaired) electrons. The Morgan fingerprint density at radius 1 is 0.853 bits per heavy atom. The molecule has 34 heavy (non-hydrogen) atoms. The fraction of sp³-hybridized carbons (Fsp3) is 0.148. The molecule has 7 heteroatoms. The van der Waals surface area contributed by atoms with Crippen molar-refractivity contribution < 1.29 is 0 Å². The molecule has 166 valence electrons. The lowest BCUT2D eigenvalue weighted by atomic mass is 9.98. The van der Waals surface area contributed by atoms with Crippen molar-refractivity contribution in [3.05, 3.63) is 102 Å². The van der Waals surface area contributed by atoms with Crippen LogP contribution in [-0.2, 0) is 19.4 Å². The molecule has 5 aromatic rings. The predicted octanol–water partition coefficient (Wildman–Crippen LogP) is 4.33. The number of hydrogen-bond acceptors (Lipinski definition) is 5. The molecule has 0 amide bonds. The molecule has 3 aromatic carbocycles. The number of tetrazole rings is 1. The van der Waals surface area contributed by atoms with Gasteiger partial charge in [-0.15, -0.1) is 11.0 Å². The molecule has 1 N–H and O–H groups in total. The molecule has 0 fully saturated rings. The molecule has 0 aliphatic heterocycles. The van der Waals surface area contributed by atoms with Gasteiger partial charge in [-0.3, -0.25) is 0 Å². The lowest BCUT2D eigenvalue weighted by Crippen LogP contribution is -2.07. The minimum atomic E-state index is 0.578. The van der Waals surface area contributed by atoms with Gasteiger partial charge in [-0.2, -0.15) is 5.10 Å². The molecule has 2 aromatic heterocycles. The second-order valence-electron chi connectivity index (χ2n) is 7.86. The number of aromatic nitrogens is 7. The van der Waals surface area contributed by atoms with Gasteiger partial charge in [-0.1, -0.05) is 84.8 Å². The van der Waals surface area contributed by atoms with Crippen molar-refractivity contribution in [3.63, 3.8) is 0 Å². The SMILES string of the molecule is CC#CCc1nc(Cc2ccccc2)nn1Cc1ccc(-c2ccccc2-c2nnn[nH]2)cc1. The van der Waals surface area contributed by atoms with E-state index in [4.69, 9.17) is 10.1 Å². The summed E-state index contributed by atoms with van der Waals surface area (Å²) in [5.74, 6) is 8.43. The molecule has 0 spiro atoms. The summed E-state index contributed by atoms with van der Waals surface area (Å²) in [6.07, 6.45) is 1.28. The summed E-state index contributed by atoms with van der Waals surface area (Å²) in [5, 5.41) is 19.1. The van der Waals surface area contributed by atoms with Crippen LogP contribution < -0.4 is 0 Å². The van der Waals surface area contributed by atoms with E-state index in [2.05, 4.69) is 74.9 Å². The fourth-order valence-electron chi connectivity index (χ4n) is 3.88. The summed E-state index contributed by atoms with van der Waals surface area (Å²) in [4.78, 5) is 4.77. The van der Waals surface area contributed by atoms with Crippen molar-refractivity contribution in [2.24, 2.45) is 0 Å². The van der Waals surface area contributed by atoms with Crippen LogP contribution in [0.3, 0.4) is 0 Å². The summed E-state index contributed by atoms with van der Waals surface area (Å²) >= 11 is 0. The summed E-state index contributed by atoms with van der Waals surface area (Å²) in [6, 6.07) is 26.8. The summed E-state index contributed by atoms with van der Waals surface area (Å²) in [6.45, 7) is 2.48. The van der Waals surface area contributed by atoms with E-state index in [9.17, 15) is 0 Å². The van der Waals surface area contributed by atoms with Gasteiger partial charge < -0.3 is 0 Å². The average molecular weight is 446 g/mol. The minimum Gasteiger partial charge on any atom is -0.244 e. The fourth-order valence-corrected chi connectivity index (χ4v) is 3.88. The highest BCUT2D eigenvalue weighted by molar-refractivity contribution is 5.80. The van der Waals surface area contributed by atoms with Gasteiger partial charge in [0, 0.05) is 12.0 Å². The Bertz CT molecular complexity index is 1420. The smallest absolute Gasteiger partial charge is 0.180 e. The molecule has 5 rings (SSSR count). The van der Waals surface area contributed by atoms with Crippen LogP contribution in [0, 0.1) is 11.8 Å².